The van der Waals surface area contributed by atoms with Crippen molar-refractivity contribution in [2.45, 2.75) is 77.0 Å². The fraction of sp³-hybridized carbons (Fsp3) is 0.778. The molecule has 0 bridgehead atoms. The molecule has 2 saturated carbocycles. The summed E-state index contributed by atoms with van der Waals surface area (Å²) in [6.45, 7) is 5.37. The largest absolute Gasteiger partial charge is 0.463 e. The summed E-state index contributed by atoms with van der Waals surface area (Å²) in [7, 11) is 0. The Hall–Kier alpha value is -0.800. The molecule has 3 heteroatoms. The van der Waals surface area contributed by atoms with Gasteiger partial charge >= 0.3 is 0 Å². The molecular weight excluding hydrogens is 260 g/mol. The van der Waals surface area contributed by atoms with Gasteiger partial charge in [-0.15, -0.1) is 0 Å². The second kappa shape index (κ2) is 5.77. The van der Waals surface area contributed by atoms with Crippen LogP contribution in [-0.4, -0.2) is 23.5 Å². The smallest absolute Gasteiger partial charge is 0.120 e. The number of furan rings is 1. The Balaban J connectivity index is 1.40. The maximum absolute atomic E-state index is 6.14. The van der Waals surface area contributed by atoms with E-state index in [0.29, 0.717) is 0 Å². The van der Waals surface area contributed by atoms with Gasteiger partial charge in [0.15, 0.2) is 0 Å². The third-order valence-electron chi connectivity index (χ3n) is 5.67. The SMILES string of the molecule is Cc1cc(CN2CCCC3CCCC32)oc1CNC1CC1. The molecule has 3 nitrogen and oxygen atoms in total. The van der Waals surface area contributed by atoms with Crippen molar-refractivity contribution < 1.29 is 4.42 Å². The van der Waals surface area contributed by atoms with E-state index in [4.69, 9.17) is 4.42 Å². The second-order valence-electron chi connectivity index (χ2n) is 7.35. The molecule has 1 aliphatic heterocycles. The van der Waals surface area contributed by atoms with Crippen molar-refractivity contribution in [1.29, 1.82) is 0 Å². The average molecular weight is 288 g/mol. The number of rotatable bonds is 5. The van der Waals surface area contributed by atoms with E-state index in [1.165, 1.54) is 62.8 Å². The van der Waals surface area contributed by atoms with Gasteiger partial charge in [0.05, 0.1) is 13.1 Å². The average Bonchev–Trinajstić information content (AvgIpc) is 3.05. The molecular formula is C18H28N2O. The predicted molar refractivity (Wildman–Crippen MR) is 84.1 cm³/mol. The van der Waals surface area contributed by atoms with Crippen molar-refractivity contribution in [3.8, 4) is 0 Å². The van der Waals surface area contributed by atoms with Gasteiger partial charge in [-0.3, -0.25) is 4.90 Å². The van der Waals surface area contributed by atoms with Crippen LogP contribution in [0.2, 0.25) is 0 Å². The molecule has 1 aromatic heterocycles. The van der Waals surface area contributed by atoms with E-state index in [2.05, 4.69) is 23.2 Å². The lowest BCUT2D eigenvalue weighted by Crippen LogP contribution is -2.41. The first-order valence-electron chi connectivity index (χ1n) is 8.85. The molecule has 1 aromatic rings. The zero-order valence-corrected chi connectivity index (χ0v) is 13.2. The van der Waals surface area contributed by atoms with Crippen LogP contribution >= 0.6 is 0 Å². The Morgan fingerprint density at radius 2 is 2.05 bits per heavy atom. The van der Waals surface area contributed by atoms with Crippen molar-refractivity contribution in [3.05, 3.63) is 23.2 Å². The fourth-order valence-corrected chi connectivity index (χ4v) is 4.32. The van der Waals surface area contributed by atoms with Gasteiger partial charge in [-0.25, -0.2) is 0 Å². The Bertz CT molecular complexity index is 491. The van der Waals surface area contributed by atoms with Crippen LogP contribution in [0.25, 0.3) is 0 Å². The van der Waals surface area contributed by atoms with Gasteiger partial charge in [-0.2, -0.15) is 0 Å². The van der Waals surface area contributed by atoms with Crippen LogP contribution < -0.4 is 5.32 Å². The number of fused-ring (bicyclic) bond motifs is 1. The van der Waals surface area contributed by atoms with Crippen molar-refractivity contribution >= 4 is 0 Å². The molecule has 21 heavy (non-hydrogen) atoms. The molecule has 2 unspecified atom stereocenters. The summed E-state index contributed by atoms with van der Waals surface area (Å²) in [5.74, 6) is 3.29. The third kappa shape index (κ3) is 3.04. The molecule has 1 saturated heterocycles. The number of likely N-dealkylation sites (tertiary alicyclic amines) is 1. The lowest BCUT2D eigenvalue weighted by atomic mass is 9.92. The van der Waals surface area contributed by atoms with Gasteiger partial charge in [0, 0.05) is 12.1 Å². The molecule has 116 valence electrons. The van der Waals surface area contributed by atoms with Crippen LogP contribution in [0.4, 0.5) is 0 Å². The molecule has 3 aliphatic rings. The Kier molecular flexibility index (Phi) is 3.80. The maximum Gasteiger partial charge on any atom is 0.120 e. The van der Waals surface area contributed by atoms with Crippen molar-refractivity contribution in [2.24, 2.45) is 5.92 Å². The zero-order chi connectivity index (χ0) is 14.2. The lowest BCUT2D eigenvalue weighted by Gasteiger charge is -2.37. The molecule has 2 heterocycles. The summed E-state index contributed by atoms with van der Waals surface area (Å²) in [5, 5.41) is 3.56. The number of hydrogen-bond donors (Lipinski definition) is 1. The Morgan fingerprint density at radius 1 is 1.19 bits per heavy atom. The van der Waals surface area contributed by atoms with Gasteiger partial charge in [-0.1, -0.05) is 6.42 Å². The number of piperidine rings is 1. The predicted octanol–water partition coefficient (Wildman–Crippen LogP) is 3.60. The summed E-state index contributed by atoms with van der Waals surface area (Å²) in [6.07, 6.45) is 9.79. The van der Waals surface area contributed by atoms with Gasteiger partial charge in [-0.05, 0) is 69.5 Å². The first-order chi connectivity index (χ1) is 10.3. The van der Waals surface area contributed by atoms with Gasteiger partial charge in [0.2, 0.25) is 0 Å². The summed E-state index contributed by atoms with van der Waals surface area (Å²) < 4.78 is 6.14. The van der Waals surface area contributed by atoms with Crippen LogP contribution in [0.5, 0.6) is 0 Å². The monoisotopic (exact) mass is 288 g/mol. The number of nitrogens with zero attached hydrogens (tertiary/aromatic N) is 1. The topological polar surface area (TPSA) is 28.4 Å². The van der Waals surface area contributed by atoms with Crippen LogP contribution in [0.15, 0.2) is 10.5 Å². The van der Waals surface area contributed by atoms with Crippen molar-refractivity contribution in [2.75, 3.05) is 6.54 Å². The summed E-state index contributed by atoms with van der Waals surface area (Å²) in [5.41, 5.74) is 1.32. The molecule has 0 radical (unpaired) electrons. The number of hydrogen-bond acceptors (Lipinski definition) is 3. The van der Waals surface area contributed by atoms with E-state index in [1.807, 2.05) is 0 Å². The first-order valence-corrected chi connectivity index (χ1v) is 8.85. The Labute approximate surface area is 128 Å². The highest BCUT2D eigenvalue weighted by atomic mass is 16.3. The highest BCUT2D eigenvalue weighted by molar-refractivity contribution is 5.20. The summed E-state index contributed by atoms with van der Waals surface area (Å²) in [6, 6.07) is 3.85. The van der Waals surface area contributed by atoms with Crippen LogP contribution in [0.1, 0.15) is 62.0 Å². The van der Waals surface area contributed by atoms with Gasteiger partial charge in [0.25, 0.3) is 0 Å². The molecule has 0 aromatic carbocycles. The quantitative estimate of drug-likeness (QED) is 0.897. The van der Waals surface area contributed by atoms with E-state index in [-0.39, 0.29) is 0 Å². The van der Waals surface area contributed by atoms with E-state index in [0.717, 1.165) is 36.9 Å². The molecule has 4 rings (SSSR count). The highest BCUT2D eigenvalue weighted by Crippen LogP contribution is 2.37. The molecule has 2 aliphatic carbocycles. The van der Waals surface area contributed by atoms with E-state index < -0.39 is 0 Å². The molecule has 3 fully saturated rings. The minimum Gasteiger partial charge on any atom is -0.463 e. The maximum atomic E-state index is 6.14. The summed E-state index contributed by atoms with van der Waals surface area (Å²) >= 11 is 0. The van der Waals surface area contributed by atoms with Gasteiger partial charge in [0.1, 0.15) is 11.5 Å². The Morgan fingerprint density at radius 3 is 2.90 bits per heavy atom. The molecule has 0 amide bonds. The van der Waals surface area contributed by atoms with Crippen molar-refractivity contribution in [3.63, 3.8) is 0 Å². The highest BCUT2D eigenvalue weighted by Gasteiger charge is 2.35. The second-order valence-corrected chi connectivity index (χ2v) is 7.35. The van der Waals surface area contributed by atoms with Crippen LogP contribution in [0, 0.1) is 12.8 Å². The summed E-state index contributed by atoms with van der Waals surface area (Å²) in [4.78, 5) is 2.69. The zero-order valence-electron chi connectivity index (χ0n) is 13.2. The van der Waals surface area contributed by atoms with Crippen LogP contribution in [0.3, 0.4) is 0 Å². The minimum atomic E-state index is 0.749. The first kappa shape index (κ1) is 13.8. The lowest BCUT2D eigenvalue weighted by molar-refractivity contribution is 0.0974. The van der Waals surface area contributed by atoms with E-state index in [1.54, 1.807) is 0 Å². The standard InChI is InChI=1S/C18H28N2O/c1-13-10-16(21-18(13)11-19-15-7-8-15)12-20-9-3-5-14-4-2-6-17(14)20/h10,14-15,17,19H,2-9,11-12H2,1H3. The third-order valence-corrected chi connectivity index (χ3v) is 5.67. The molecule has 0 spiro atoms. The van der Waals surface area contributed by atoms with Crippen molar-refractivity contribution in [1.82, 2.24) is 10.2 Å². The van der Waals surface area contributed by atoms with Crippen LogP contribution in [-0.2, 0) is 13.1 Å². The molecule has 2 atom stereocenters. The van der Waals surface area contributed by atoms with E-state index in [9.17, 15) is 0 Å². The molecule has 1 N–H and O–H groups in total. The van der Waals surface area contributed by atoms with E-state index >= 15 is 0 Å². The number of nitrogens with one attached hydrogen (secondary N) is 1. The minimum absolute atomic E-state index is 0.749. The van der Waals surface area contributed by atoms with Gasteiger partial charge < -0.3 is 9.73 Å². The fourth-order valence-electron chi connectivity index (χ4n) is 4.32. The normalized spacial score (nSPS) is 29.8. The number of aryl methyl sites for hydroxylation is 1.